The minimum atomic E-state index is -0.145. The normalized spacial score (nSPS) is 33.2. The molecule has 1 aromatic carbocycles. The molecule has 4 aliphatic rings. The van der Waals surface area contributed by atoms with E-state index < -0.39 is 0 Å². The number of hydrogen-bond donors (Lipinski definition) is 1. The Labute approximate surface area is 174 Å². The lowest BCUT2D eigenvalue weighted by molar-refractivity contribution is -0.0379. The van der Waals surface area contributed by atoms with Crippen molar-refractivity contribution in [2.75, 3.05) is 6.54 Å². The van der Waals surface area contributed by atoms with Crippen molar-refractivity contribution in [1.82, 2.24) is 10.5 Å². The second kappa shape index (κ2) is 6.50. The van der Waals surface area contributed by atoms with Gasteiger partial charge in [0, 0.05) is 17.0 Å². The molecule has 2 atom stereocenters. The van der Waals surface area contributed by atoms with Gasteiger partial charge in [-0.05, 0) is 68.8 Å². The summed E-state index contributed by atoms with van der Waals surface area (Å²) >= 11 is 13.3. The van der Waals surface area contributed by atoms with E-state index >= 15 is 0 Å². The molecule has 1 N–H and O–H groups in total. The number of rotatable bonds is 4. The highest BCUT2D eigenvalue weighted by molar-refractivity contribution is 6.33. The van der Waals surface area contributed by atoms with Crippen LogP contribution in [0.15, 0.2) is 28.8 Å². The largest absolute Gasteiger partial charge is 0.360 e. The number of carbonyl (C=O) groups is 1. The Morgan fingerprint density at radius 2 is 1.96 bits per heavy atom. The van der Waals surface area contributed by atoms with Crippen molar-refractivity contribution in [3.63, 3.8) is 0 Å². The molecular formula is C22H24Cl2N2O2. The van der Waals surface area contributed by atoms with Gasteiger partial charge in [0.15, 0.2) is 0 Å². The van der Waals surface area contributed by atoms with Crippen LogP contribution in [0.4, 0.5) is 0 Å². The highest BCUT2D eigenvalue weighted by Crippen LogP contribution is 2.63. The van der Waals surface area contributed by atoms with E-state index in [1.54, 1.807) is 13.0 Å². The van der Waals surface area contributed by atoms with Gasteiger partial charge in [-0.3, -0.25) is 4.79 Å². The number of aryl methyl sites for hydroxylation is 1. The molecule has 4 saturated carbocycles. The summed E-state index contributed by atoms with van der Waals surface area (Å²) in [5, 5.41) is 7.85. The van der Waals surface area contributed by atoms with Gasteiger partial charge in [-0.15, -0.1) is 11.6 Å². The van der Waals surface area contributed by atoms with Crippen molar-refractivity contribution in [3.05, 3.63) is 40.6 Å². The van der Waals surface area contributed by atoms with E-state index in [1.807, 2.05) is 18.2 Å². The number of nitrogens with one attached hydrogen (secondary N) is 1. The zero-order valence-electron chi connectivity index (χ0n) is 15.9. The SMILES string of the molecule is Cc1onc(-c2ccccc2Cl)c1C(=O)NCC12CC3CC(CC(Cl)(C3)C1)C2. The van der Waals surface area contributed by atoms with Gasteiger partial charge in [0.25, 0.3) is 5.91 Å². The summed E-state index contributed by atoms with van der Waals surface area (Å²) in [7, 11) is 0. The van der Waals surface area contributed by atoms with Crippen LogP contribution in [0.3, 0.4) is 0 Å². The van der Waals surface area contributed by atoms with E-state index in [9.17, 15) is 4.79 Å². The summed E-state index contributed by atoms with van der Waals surface area (Å²) in [4.78, 5) is 13.1. The first kappa shape index (κ1) is 18.5. The first-order valence-corrected chi connectivity index (χ1v) is 10.8. The molecule has 1 amide bonds. The van der Waals surface area contributed by atoms with Gasteiger partial charge < -0.3 is 9.84 Å². The molecule has 6 rings (SSSR count). The van der Waals surface area contributed by atoms with Gasteiger partial charge >= 0.3 is 0 Å². The fraction of sp³-hybridized carbons (Fsp3) is 0.545. The number of amides is 1. The topological polar surface area (TPSA) is 55.1 Å². The monoisotopic (exact) mass is 418 g/mol. The third-order valence-electron chi connectivity index (χ3n) is 6.95. The standard InChI is InChI=1S/C22H24Cl2N2O2/c1-13-18(19(26-28-13)16-4-2-3-5-17(16)23)20(27)25-12-21-7-14-6-15(8-21)10-22(24,9-14)11-21/h2-5,14-15H,6-12H2,1H3,(H,25,27). The van der Waals surface area contributed by atoms with Crippen LogP contribution >= 0.6 is 23.2 Å². The van der Waals surface area contributed by atoms with Gasteiger partial charge in [-0.25, -0.2) is 0 Å². The van der Waals surface area contributed by atoms with Gasteiger partial charge in [-0.2, -0.15) is 0 Å². The number of carbonyl (C=O) groups excluding carboxylic acids is 1. The molecule has 4 nitrogen and oxygen atoms in total. The molecule has 4 fully saturated rings. The Morgan fingerprint density at radius 1 is 1.25 bits per heavy atom. The Balaban J connectivity index is 1.38. The summed E-state index contributed by atoms with van der Waals surface area (Å²) < 4.78 is 5.35. The zero-order valence-corrected chi connectivity index (χ0v) is 17.4. The lowest BCUT2D eigenvalue weighted by atomic mass is 9.49. The fourth-order valence-electron chi connectivity index (χ4n) is 6.38. The summed E-state index contributed by atoms with van der Waals surface area (Å²) in [5.74, 6) is 1.79. The number of aromatic nitrogens is 1. The zero-order chi connectivity index (χ0) is 19.5. The van der Waals surface area contributed by atoms with Gasteiger partial charge in [-0.1, -0.05) is 35.0 Å². The minimum Gasteiger partial charge on any atom is -0.360 e. The predicted octanol–water partition coefficient (Wildman–Crippen LogP) is 5.61. The third kappa shape index (κ3) is 3.05. The summed E-state index contributed by atoms with van der Waals surface area (Å²) in [6.45, 7) is 2.43. The smallest absolute Gasteiger partial charge is 0.257 e. The summed E-state index contributed by atoms with van der Waals surface area (Å²) in [6, 6.07) is 7.38. The molecule has 6 heteroatoms. The maximum Gasteiger partial charge on any atom is 0.257 e. The van der Waals surface area contributed by atoms with Crippen LogP contribution in [0.1, 0.15) is 54.6 Å². The molecule has 28 heavy (non-hydrogen) atoms. The lowest BCUT2D eigenvalue weighted by Crippen LogP contribution is -2.56. The van der Waals surface area contributed by atoms with Crippen molar-refractivity contribution >= 4 is 29.1 Å². The maximum absolute atomic E-state index is 13.1. The van der Waals surface area contributed by atoms with Crippen molar-refractivity contribution in [3.8, 4) is 11.3 Å². The van der Waals surface area contributed by atoms with Crippen molar-refractivity contribution in [2.24, 2.45) is 17.3 Å². The fourth-order valence-corrected chi connectivity index (χ4v) is 7.32. The minimum absolute atomic E-state index is 0.0509. The van der Waals surface area contributed by atoms with Gasteiger partial charge in [0.05, 0.1) is 5.02 Å². The van der Waals surface area contributed by atoms with Gasteiger partial charge in [0.2, 0.25) is 0 Å². The molecule has 0 saturated heterocycles. The molecule has 1 heterocycles. The van der Waals surface area contributed by atoms with E-state index in [0.29, 0.717) is 46.0 Å². The van der Waals surface area contributed by atoms with E-state index in [0.717, 1.165) is 19.3 Å². The lowest BCUT2D eigenvalue weighted by Gasteiger charge is -2.60. The van der Waals surface area contributed by atoms with E-state index in [4.69, 9.17) is 27.7 Å². The van der Waals surface area contributed by atoms with Crippen molar-refractivity contribution in [2.45, 2.75) is 50.3 Å². The van der Waals surface area contributed by atoms with Crippen LogP contribution in [-0.4, -0.2) is 22.5 Å². The molecule has 1 aromatic heterocycles. The Morgan fingerprint density at radius 3 is 2.64 bits per heavy atom. The molecule has 2 unspecified atom stereocenters. The van der Waals surface area contributed by atoms with Crippen LogP contribution in [0.2, 0.25) is 5.02 Å². The number of hydrogen-bond acceptors (Lipinski definition) is 3. The van der Waals surface area contributed by atoms with Crippen molar-refractivity contribution in [1.29, 1.82) is 0 Å². The van der Waals surface area contributed by atoms with E-state index in [1.165, 1.54) is 19.3 Å². The Bertz CT molecular complexity index is 924. The molecule has 0 spiro atoms. The summed E-state index contributed by atoms with van der Waals surface area (Å²) in [6.07, 6.45) is 6.96. The number of alkyl halides is 1. The van der Waals surface area contributed by atoms with E-state index in [2.05, 4.69) is 10.5 Å². The third-order valence-corrected chi connectivity index (χ3v) is 7.73. The first-order valence-electron chi connectivity index (χ1n) is 10.0. The molecule has 2 aromatic rings. The Kier molecular flexibility index (Phi) is 4.29. The molecule has 0 radical (unpaired) electrons. The number of nitrogens with zero attached hydrogens (tertiary/aromatic N) is 1. The Hall–Kier alpha value is -1.52. The average molecular weight is 419 g/mol. The molecule has 4 bridgehead atoms. The first-order chi connectivity index (χ1) is 13.4. The molecule has 0 aliphatic heterocycles. The van der Waals surface area contributed by atoms with Gasteiger partial charge in [0.1, 0.15) is 17.0 Å². The van der Waals surface area contributed by atoms with Crippen LogP contribution in [0.5, 0.6) is 0 Å². The van der Waals surface area contributed by atoms with E-state index in [-0.39, 0.29) is 16.2 Å². The predicted molar refractivity (Wildman–Crippen MR) is 110 cm³/mol. The second-order valence-electron chi connectivity index (χ2n) is 9.24. The highest BCUT2D eigenvalue weighted by atomic mass is 35.5. The highest BCUT2D eigenvalue weighted by Gasteiger charge is 2.57. The van der Waals surface area contributed by atoms with Crippen LogP contribution in [0, 0.1) is 24.2 Å². The maximum atomic E-state index is 13.1. The van der Waals surface area contributed by atoms with Crippen LogP contribution in [-0.2, 0) is 0 Å². The molecular weight excluding hydrogens is 395 g/mol. The molecule has 4 aliphatic carbocycles. The van der Waals surface area contributed by atoms with Crippen LogP contribution < -0.4 is 5.32 Å². The quantitative estimate of drug-likeness (QED) is 0.656. The molecule has 148 valence electrons. The summed E-state index contributed by atoms with van der Waals surface area (Å²) in [5.41, 5.74) is 1.82. The number of benzene rings is 1. The second-order valence-corrected chi connectivity index (χ2v) is 10.4. The average Bonchev–Trinajstić information content (AvgIpc) is 2.99. The number of halogens is 2. The van der Waals surface area contributed by atoms with Crippen molar-refractivity contribution < 1.29 is 9.32 Å². The van der Waals surface area contributed by atoms with Crippen LogP contribution in [0.25, 0.3) is 11.3 Å².